The van der Waals surface area contributed by atoms with Gasteiger partial charge in [-0.2, -0.15) is 0 Å². The average molecular weight is 254 g/mol. The summed E-state index contributed by atoms with van der Waals surface area (Å²) >= 11 is 0. The van der Waals surface area contributed by atoms with Gasteiger partial charge in [0, 0.05) is 18.6 Å². The van der Waals surface area contributed by atoms with E-state index in [1.807, 2.05) is 0 Å². The van der Waals surface area contributed by atoms with Crippen LogP contribution in [0.1, 0.15) is 59.8 Å². The van der Waals surface area contributed by atoms with Crippen molar-refractivity contribution in [1.82, 2.24) is 10.2 Å². The first-order valence-corrected chi connectivity index (χ1v) is 8.02. The van der Waals surface area contributed by atoms with Gasteiger partial charge in [0.2, 0.25) is 0 Å². The molecule has 18 heavy (non-hydrogen) atoms. The Morgan fingerprint density at radius 3 is 2.28 bits per heavy atom. The zero-order valence-electron chi connectivity index (χ0n) is 13.2. The number of nitrogens with zero attached hydrogens (tertiary/aromatic N) is 1. The maximum atomic E-state index is 3.67. The van der Waals surface area contributed by atoms with Crippen LogP contribution in [0.5, 0.6) is 0 Å². The molecule has 1 fully saturated rings. The summed E-state index contributed by atoms with van der Waals surface area (Å²) in [7, 11) is 2.33. The van der Waals surface area contributed by atoms with Crippen LogP contribution in [-0.2, 0) is 0 Å². The Kier molecular flexibility index (Phi) is 7.25. The Morgan fingerprint density at radius 1 is 1.17 bits per heavy atom. The van der Waals surface area contributed by atoms with E-state index in [4.69, 9.17) is 0 Å². The highest BCUT2D eigenvalue weighted by Gasteiger charge is 2.24. The zero-order chi connectivity index (χ0) is 13.5. The van der Waals surface area contributed by atoms with E-state index in [0.717, 1.165) is 24.4 Å². The molecule has 1 N–H and O–H groups in total. The number of likely N-dealkylation sites (N-methyl/N-ethyl adjacent to an activating group) is 2. The third-order valence-corrected chi connectivity index (χ3v) is 4.89. The molecule has 0 heterocycles. The summed E-state index contributed by atoms with van der Waals surface area (Å²) in [5.41, 5.74) is 0. The summed E-state index contributed by atoms with van der Waals surface area (Å²) in [6.45, 7) is 11.6. The Hall–Kier alpha value is -0.0800. The van der Waals surface area contributed by atoms with E-state index >= 15 is 0 Å². The fourth-order valence-corrected chi connectivity index (χ4v) is 3.13. The van der Waals surface area contributed by atoms with Gasteiger partial charge < -0.3 is 10.2 Å². The molecule has 0 radical (unpaired) electrons. The minimum absolute atomic E-state index is 0.657. The number of nitrogens with one attached hydrogen (secondary N) is 1. The van der Waals surface area contributed by atoms with E-state index in [2.05, 4.69) is 45.0 Å². The third-order valence-electron chi connectivity index (χ3n) is 4.89. The van der Waals surface area contributed by atoms with Gasteiger partial charge in [-0.05, 0) is 51.1 Å². The van der Waals surface area contributed by atoms with Crippen molar-refractivity contribution in [1.29, 1.82) is 0 Å². The van der Waals surface area contributed by atoms with Gasteiger partial charge >= 0.3 is 0 Å². The molecule has 1 aliphatic rings. The van der Waals surface area contributed by atoms with Gasteiger partial charge in [-0.3, -0.25) is 0 Å². The van der Waals surface area contributed by atoms with Gasteiger partial charge in [0.15, 0.2) is 0 Å². The molecule has 1 saturated carbocycles. The van der Waals surface area contributed by atoms with Crippen molar-refractivity contribution in [3.05, 3.63) is 0 Å². The van der Waals surface area contributed by atoms with Gasteiger partial charge in [0.1, 0.15) is 0 Å². The largest absolute Gasteiger partial charge is 0.313 e. The first-order valence-electron chi connectivity index (χ1n) is 8.02. The van der Waals surface area contributed by atoms with Crippen LogP contribution in [-0.4, -0.2) is 37.1 Å². The number of rotatable bonds is 7. The summed E-state index contributed by atoms with van der Waals surface area (Å²) < 4.78 is 0. The predicted octanol–water partition coefficient (Wildman–Crippen LogP) is 3.52. The second-order valence-corrected chi connectivity index (χ2v) is 6.40. The molecule has 0 aromatic carbocycles. The molecule has 2 atom stereocenters. The summed E-state index contributed by atoms with van der Waals surface area (Å²) in [4.78, 5) is 2.62. The summed E-state index contributed by atoms with van der Waals surface area (Å²) in [6, 6.07) is 1.48. The highest BCUT2D eigenvalue weighted by Crippen LogP contribution is 2.26. The van der Waals surface area contributed by atoms with Gasteiger partial charge in [0.05, 0.1) is 0 Å². The van der Waals surface area contributed by atoms with Crippen molar-refractivity contribution in [3.8, 4) is 0 Å². The van der Waals surface area contributed by atoms with E-state index in [0.29, 0.717) is 6.04 Å². The zero-order valence-corrected chi connectivity index (χ0v) is 13.2. The van der Waals surface area contributed by atoms with Crippen LogP contribution >= 0.6 is 0 Å². The molecule has 2 heteroatoms. The fourth-order valence-electron chi connectivity index (χ4n) is 3.13. The topological polar surface area (TPSA) is 15.3 Å². The first-order chi connectivity index (χ1) is 8.58. The highest BCUT2D eigenvalue weighted by atomic mass is 15.2. The lowest BCUT2D eigenvalue weighted by atomic mass is 9.86. The van der Waals surface area contributed by atoms with E-state index in [1.165, 1.54) is 38.6 Å². The van der Waals surface area contributed by atoms with Crippen molar-refractivity contribution in [2.75, 3.05) is 20.1 Å². The highest BCUT2D eigenvalue weighted by molar-refractivity contribution is 4.81. The van der Waals surface area contributed by atoms with Crippen molar-refractivity contribution < 1.29 is 0 Å². The molecule has 0 aromatic rings. The second-order valence-electron chi connectivity index (χ2n) is 6.40. The van der Waals surface area contributed by atoms with Crippen LogP contribution in [0, 0.1) is 11.8 Å². The molecular formula is C16H34N2. The molecule has 1 aliphatic carbocycles. The quantitative estimate of drug-likeness (QED) is 0.748. The maximum absolute atomic E-state index is 3.67. The number of hydrogen-bond donors (Lipinski definition) is 1. The van der Waals surface area contributed by atoms with E-state index in [1.54, 1.807) is 0 Å². The third kappa shape index (κ3) is 4.89. The molecule has 0 aliphatic heterocycles. The van der Waals surface area contributed by atoms with Crippen LogP contribution in [0.25, 0.3) is 0 Å². The lowest BCUT2D eigenvalue weighted by molar-refractivity contribution is 0.144. The lowest BCUT2D eigenvalue weighted by Gasteiger charge is -2.37. The van der Waals surface area contributed by atoms with Crippen LogP contribution in [0.15, 0.2) is 0 Å². The normalized spacial score (nSPS) is 28.3. The Bertz CT molecular complexity index is 209. The standard InChI is InChI=1S/C16H34N2/c1-6-14(4)16(17-7-2)12-18(5)15-10-8-13(3)9-11-15/h13-17H,6-12H2,1-5H3. The fraction of sp³-hybridized carbons (Fsp3) is 1.00. The predicted molar refractivity (Wildman–Crippen MR) is 81.0 cm³/mol. The van der Waals surface area contributed by atoms with E-state index in [9.17, 15) is 0 Å². The van der Waals surface area contributed by atoms with Gasteiger partial charge in [-0.1, -0.05) is 34.1 Å². The maximum Gasteiger partial charge on any atom is 0.0220 e. The molecule has 2 unspecified atom stereocenters. The average Bonchev–Trinajstić information content (AvgIpc) is 2.38. The van der Waals surface area contributed by atoms with Crippen molar-refractivity contribution in [3.63, 3.8) is 0 Å². The molecule has 0 amide bonds. The molecule has 0 aromatic heterocycles. The Labute approximate surface area is 115 Å². The van der Waals surface area contributed by atoms with Crippen molar-refractivity contribution in [2.45, 2.75) is 71.9 Å². The van der Waals surface area contributed by atoms with E-state index < -0.39 is 0 Å². The molecular weight excluding hydrogens is 220 g/mol. The minimum atomic E-state index is 0.657. The number of hydrogen-bond acceptors (Lipinski definition) is 2. The van der Waals surface area contributed by atoms with Crippen LogP contribution < -0.4 is 5.32 Å². The molecule has 0 saturated heterocycles. The monoisotopic (exact) mass is 254 g/mol. The Balaban J connectivity index is 2.42. The second kappa shape index (κ2) is 8.16. The van der Waals surface area contributed by atoms with Gasteiger partial charge in [-0.15, -0.1) is 0 Å². The molecule has 0 spiro atoms. The van der Waals surface area contributed by atoms with Gasteiger partial charge in [0.25, 0.3) is 0 Å². The van der Waals surface area contributed by atoms with Crippen LogP contribution in [0.2, 0.25) is 0 Å². The van der Waals surface area contributed by atoms with Crippen molar-refractivity contribution >= 4 is 0 Å². The molecule has 108 valence electrons. The smallest absolute Gasteiger partial charge is 0.0220 e. The Morgan fingerprint density at radius 2 is 1.78 bits per heavy atom. The van der Waals surface area contributed by atoms with Crippen LogP contribution in [0.3, 0.4) is 0 Å². The first kappa shape index (κ1) is 16.0. The van der Waals surface area contributed by atoms with Crippen LogP contribution in [0.4, 0.5) is 0 Å². The SMILES string of the molecule is CCNC(CN(C)C1CCC(C)CC1)C(C)CC. The minimum Gasteiger partial charge on any atom is -0.313 e. The lowest BCUT2D eigenvalue weighted by Crippen LogP contribution is -2.47. The molecule has 0 bridgehead atoms. The summed E-state index contributed by atoms with van der Waals surface area (Å²) in [5, 5.41) is 3.67. The summed E-state index contributed by atoms with van der Waals surface area (Å²) in [5.74, 6) is 1.73. The summed E-state index contributed by atoms with van der Waals surface area (Å²) in [6.07, 6.45) is 6.91. The van der Waals surface area contributed by atoms with Gasteiger partial charge in [-0.25, -0.2) is 0 Å². The molecule has 2 nitrogen and oxygen atoms in total. The van der Waals surface area contributed by atoms with E-state index in [-0.39, 0.29) is 0 Å². The van der Waals surface area contributed by atoms with Crippen molar-refractivity contribution in [2.24, 2.45) is 11.8 Å². The molecule has 1 rings (SSSR count).